The Morgan fingerprint density at radius 1 is 0.966 bits per heavy atom. The van der Waals surface area contributed by atoms with E-state index < -0.39 is 11.0 Å². The van der Waals surface area contributed by atoms with E-state index in [1.165, 1.54) is 28.6 Å². The molecule has 0 saturated carbocycles. The zero-order valence-corrected chi connectivity index (χ0v) is 17.2. The monoisotopic (exact) mass is 406 g/mol. The third-order valence-corrected chi connectivity index (χ3v) is 5.93. The second-order valence-electron chi connectivity index (χ2n) is 7.51. The molecule has 5 heteroatoms. The Kier molecular flexibility index (Phi) is 5.49. The lowest BCUT2D eigenvalue weighted by atomic mass is 10.0. The fourth-order valence-corrected chi connectivity index (χ4v) is 4.33. The Hall–Kier alpha value is -2.92. The zero-order valence-electron chi connectivity index (χ0n) is 16.4. The molecule has 148 valence electrons. The molecule has 3 nitrogen and oxygen atoms in total. The molecule has 0 bridgehead atoms. The van der Waals surface area contributed by atoms with Crippen molar-refractivity contribution in [1.29, 1.82) is 0 Å². The van der Waals surface area contributed by atoms with Crippen LogP contribution in [0.3, 0.4) is 0 Å². The molecule has 1 atom stereocenters. The third-order valence-electron chi connectivity index (χ3n) is 4.81. The molecule has 0 amide bonds. The Bertz CT molecular complexity index is 1150. The normalized spacial score (nSPS) is 12.4. The van der Waals surface area contributed by atoms with Gasteiger partial charge in [-0.3, -0.25) is 0 Å². The van der Waals surface area contributed by atoms with Gasteiger partial charge in [-0.2, -0.15) is 0 Å². The lowest BCUT2D eigenvalue weighted by Gasteiger charge is -2.09. The van der Waals surface area contributed by atoms with Crippen LogP contribution in [0.2, 0.25) is 0 Å². The summed E-state index contributed by atoms with van der Waals surface area (Å²) in [7, 11) is -1.42. The van der Waals surface area contributed by atoms with Crippen molar-refractivity contribution >= 4 is 27.6 Å². The minimum Gasteiger partial charge on any atom is -0.316 e. The van der Waals surface area contributed by atoms with Crippen molar-refractivity contribution in [2.45, 2.75) is 25.2 Å². The van der Waals surface area contributed by atoms with E-state index in [0.29, 0.717) is 16.5 Å². The average molecular weight is 407 g/mol. The highest BCUT2D eigenvalue weighted by Crippen LogP contribution is 2.27. The minimum atomic E-state index is -1.42. The summed E-state index contributed by atoms with van der Waals surface area (Å²) >= 11 is 0. The van der Waals surface area contributed by atoms with Crippen LogP contribution in [-0.4, -0.2) is 8.78 Å². The highest BCUT2D eigenvalue weighted by molar-refractivity contribution is 7.86. The van der Waals surface area contributed by atoms with E-state index in [1.54, 1.807) is 12.1 Å². The lowest BCUT2D eigenvalue weighted by Crippen LogP contribution is -2.05. The fourth-order valence-electron chi connectivity index (χ4n) is 3.48. The lowest BCUT2D eigenvalue weighted by molar-refractivity contribution is 0.628. The minimum absolute atomic E-state index is 0.318. The molecule has 0 aliphatic heterocycles. The Balaban J connectivity index is 1.61. The maximum atomic E-state index is 13.0. The van der Waals surface area contributed by atoms with Gasteiger partial charge in [0.1, 0.15) is 16.8 Å². The van der Waals surface area contributed by atoms with Crippen molar-refractivity contribution in [1.82, 2.24) is 4.57 Å². The van der Waals surface area contributed by atoms with Crippen LogP contribution in [0.4, 0.5) is 10.1 Å². The second kappa shape index (κ2) is 8.21. The molecule has 0 aliphatic carbocycles. The van der Waals surface area contributed by atoms with Crippen molar-refractivity contribution in [3.05, 3.63) is 90.4 Å². The number of nitrogens with zero attached hydrogens (tertiary/aromatic N) is 1. The molecule has 1 aromatic heterocycles. The summed E-state index contributed by atoms with van der Waals surface area (Å²) in [6.45, 7) is 4.45. The second-order valence-corrected chi connectivity index (χ2v) is 8.72. The first kappa shape index (κ1) is 19.4. The summed E-state index contributed by atoms with van der Waals surface area (Å²) < 4.78 is 30.7. The number of halogens is 1. The number of benzene rings is 3. The van der Waals surface area contributed by atoms with Crippen molar-refractivity contribution in [2.24, 2.45) is 5.92 Å². The third kappa shape index (κ3) is 4.25. The van der Waals surface area contributed by atoms with E-state index in [2.05, 4.69) is 47.5 Å². The van der Waals surface area contributed by atoms with Gasteiger partial charge in [0.05, 0.1) is 10.4 Å². The number of para-hydroxylation sites is 1. The number of anilines is 1. The number of nitrogens with one attached hydrogen (secondary N) is 1. The molecule has 4 rings (SSSR count). The van der Waals surface area contributed by atoms with E-state index in [0.717, 1.165) is 12.1 Å². The topological polar surface area (TPSA) is 34.0 Å². The highest BCUT2D eigenvalue weighted by Gasteiger charge is 2.11. The SMILES string of the molecule is CC(C)Cc1cn(-c2ccc(S(=O)Nc3ccc(F)cc3)cc2)c2ccccc12. The van der Waals surface area contributed by atoms with Crippen LogP contribution in [0.15, 0.2) is 83.9 Å². The summed E-state index contributed by atoms with van der Waals surface area (Å²) in [4.78, 5) is 0.664. The van der Waals surface area contributed by atoms with Crippen molar-refractivity contribution < 1.29 is 8.60 Å². The van der Waals surface area contributed by atoms with Crippen LogP contribution in [-0.2, 0) is 17.4 Å². The summed E-state index contributed by atoms with van der Waals surface area (Å²) in [5.74, 6) is 0.262. The molecule has 29 heavy (non-hydrogen) atoms. The van der Waals surface area contributed by atoms with Gasteiger partial charge in [0, 0.05) is 23.0 Å². The van der Waals surface area contributed by atoms with Crippen molar-refractivity contribution in [2.75, 3.05) is 4.72 Å². The summed E-state index contributed by atoms with van der Waals surface area (Å²) in [5.41, 5.74) is 4.14. The standard InChI is InChI=1S/C24H23FN2OS/c1-17(2)15-18-16-27(24-6-4-3-5-23(18)24)21-11-13-22(14-12-21)29(28)26-20-9-7-19(25)8-10-20/h3-14,16-17,26H,15H2,1-2H3. The molecule has 1 unspecified atom stereocenters. The molecule has 0 saturated heterocycles. The first-order valence-electron chi connectivity index (χ1n) is 9.64. The van der Waals surface area contributed by atoms with Gasteiger partial charge in [-0.15, -0.1) is 0 Å². The molecule has 1 N–H and O–H groups in total. The smallest absolute Gasteiger partial charge is 0.150 e. The van der Waals surface area contributed by atoms with E-state index in [9.17, 15) is 8.60 Å². The van der Waals surface area contributed by atoms with Gasteiger partial charge in [-0.1, -0.05) is 32.0 Å². The molecule has 0 spiro atoms. The van der Waals surface area contributed by atoms with Crippen molar-refractivity contribution in [3.63, 3.8) is 0 Å². The summed E-state index contributed by atoms with van der Waals surface area (Å²) in [6, 6.07) is 21.9. The maximum absolute atomic E-state index is 13.0. The van der Waals surface area contributed by atoms with Gasteiger partial charge in [0.25, 0.3) is 0 Å². The molecule has 0 fully saturated rings. The summed E-state index contributed by atoms with van der Waals surface area (Å²) in [6.07, 6.45) is 3.23. The van der Waals surface area contributed by atoms with Gasteiger partial charge in [-0.05, 0) is 72.5 Å². The molecule has 4 aromatic rings. The van der Waals surface area contributed by atoms with Crippen molar-refractivity contribution in [3.8, 4) is 5.69 Å². The van der Waals surface area contributed by atoms with Crippen LogP contribution < -0.4 is 4.72 Å². The van der Waals surface area contributed by atoms with Crippen LogP contribution in [0.25, 0.3) is 16.6 Å². The van der Waals surface area contributed by atoms with Crippen LogP contribution >= 0.6 is 0 Å². The molecular formula is C24H23FN2OS. The van der Waals surface area contributed by atoms with Crippen LogP contribution in [0.5, 0.6) is 0 Å². The largest absolute Gasteiger partial charge is 0.316 e. The fraction of sp³-hybridized carbons (Fsp3) is 0.167. The van der Waals surface area contributed by atoms with Gasteiger partial charge >= 0.3 is 0 Å². The van der Waals surface area contributed by atoms with E-state index in [-0.39, 0.29) is 5.82 Å². The number of aromatic nitrogens is 1. The molecular weight excluding hydrogens is 383 g/mol. The van der Waals surface area contributed by atoms with Crippen LogP contribution in [0.1, 0.15) is 19.4 Å². The Morgan fingerprint density at radius 3 is 2.34 bits per heavy atom. The number of fused-ring (bicyclic) bond motifs is 1. The molecule has 0 radical (unpaired) electrons. The molecule has 3 aromatic carbocycles. The predicted molar refractivity (Wildman–Crippen MR) is 118 cm³/mol. The van der Waals surface area contributed by atoms with Gasteiger partial charge in [-0.25, -0.2) is 8.60 Å². The van der Waals surface area contributed by atoms with E-state index in [4.69, 9.17) is 0 Å². The number of hydrogen-bond donors (Lipinski definition) is 1. The quantitative estimate of drug-likeness (QED) is 0.412. The van der Waals surface area contributed by atoms with Gasteiger partial charge in [0.2, 0.25) is 0 Å². The maximum Gasteiger partial charge on any atom is 0.150 e. The predicted octanol–water partition coefficient (Wildman–Crippen LogP) is 6.10. The Labute approximate surface area is 172 Å². The van der Waals surface area contributed by atoms with E-state index in [1.807, 2.05) is 30.3 Å². The van der Waals surface area contributed by atoms with Crippen LogP contribution in [0, 0.1) is 11.7 Å². The average Bonchev–Trinajstić information content (AvgIpc) is 3.08. The first-order valence-corrected chi connectivity index (χ1v) is 10.8. The number of rotatable bonds is 6. The Morgan fingerprint density at radius 2 is 1.66 bits per heavy atom. The molecule has 0 aliphatic rings. The number of hydrogen-bond acceptors (Lipinski definition) is 1. The van der Waals surface area contributed by atoms with E-state index >= 15 is 0 Å². The first-order chi connectivity index (χ1) is 14.0. The van der Waals surface area contributed by atoms with Gasteiger partial charge < -0.3 is 9.29 Å². The zero-order chi connectivity index (χ0) is 20.4. The summed E-state index contributed by atoms with van der Waals surface area (Å²) in [5, 5.41) is 1.27. The highest BCUT2D eigenvalue weighted by atomic mass is 32.2. The molecule has 1 heterocycles. The van der Waals surface area contributed by atoms with Gasteiger partial charge in [0.15, 0.2) is 0 Å².